The Morgan fingerprint density at radius 3 is 1.50 bits per heavy atom. The van der Waals surface area contributed by atoms with Crippen molar-refractivity contribution in [3.63, 3.8) is 0 Å². The van der Waals surface area contributed by atoms with Gasteiger partial charge in [0.05, 0.1) is 71.7 Å². The van der Waals surface area contributed by atoms with Crippen LogP contribution in [-0.4, -0.2) is 45.3 Å². The van der Waals surface area contributed by atoms with Crippen LogP contribution in [0.4, 0.5) is 8.78 Å². The highest BCUT2D eigenvalue weighted by atomic mass is 19.1. The monoisotopic (exact) mass is 632 g/mol. The molecule has 2 aromatic heterocycles. The highest BCUT2D eigenvalue weighted by Gasteiger charge is 2.43. The van der Waals surface area contributed by atoms with E-state index in [-0.39, 0.29) is 23.9 Å². The van der Waals surface area contributed by atoms with Crippen molar-refractivity contribution in [2.24, 2.45) is 0 Å². The van der Waals surface area contributed by atoms with E-state index in [9.17, 15) is 39.1 Å². The summed E-state index contributed by atoms with van der Waals surface area (Å²) >= 11 is 0. The van der Waals surface area contributed by atoms with Crippen molar-refractivity contribution < 1.29 is 38.1 Å². The first-order chi connectivity index (χ1) is 22.0. The number of nitrogens with one attached hydrogen (secondary N) is 2. The molecule has 46 heavy (non-hydrogen) atoms. The Morgan fingerprint density at radius 2 is 1.17 bits per heavy atom. The number of rotatable bonds is 8. The number of nitrogens with zero attached hydrogens (tertiary/aromatic N) is 2. The minimum atomic E-state index is -0.994. The van der Waals surface area contributed by atoms with Crippen molar-refractivity contribution in [1.29, 1.82) is 10.5 Å². The molecule has 0 saturated heterocycles. The van der Waals surface area contributed by atoms with Crippen LogP contribution in [0.3, 0.4) is 0 Å². The lowest BCUT2D eigenvalue weighted by Gasteiger charge is -2.36. The Morgan fingerprint density at radius 1 is 0.783 bits per heavy atom. The molecule has 2 aliphatic rings. The molecule has 6 rings (SSSR count). The molecule has 2 atom stereocenters. The van der Waals surface area contributed by atoms with Gasteiger partial charge in [-0.3, -0.25) is 9.59 Å². The Bertz CT molecular complexity index is 1780. The van der Waals surface area contributed by atoms with Gasteiger partial charge in [-0.1, -0.05) is 26.7 Å². The van der Waals surface area contributed by atoms with Gasteiger partial charge in [-0.25, -0.2) is 8.78 Å². The molecular weight excluding hydrogens is 598 g/mol. The third-order valence-electron chi connectivity index (χ3n) is 8.81. The molecule has 0 bridgehead atoms. The van der Waals surface area contributed by atoms with Gasteiger partial charge in [-0.2, -0.15) is 10.5 Å². The van der Waals surface area contributed by atoms with Gasteiger partial charge in [0.15, 0.2) is 0 Å². The fourth-order valence-electron chi connectivity index (χ4n) is 7.13. The van der Waals surface area contributed by atoms with E-state index in [0.717, 1.165) is 24.0 Å². The van der Waals surface area contributed by atoms with E-state index in [1.165, 1.54) is 24.3 Å². The average molecular weight is 633 g/mol. The van der Waals surface area contributed by atoms with Gasteiger partial charge < -0.3 is 29.7 Å². The van der Waals surface area contributed by atoms with Crippen molar-refractivity contribution in [2.75, 3.05) is 13.2 Å². The zero-order valence-electron chi connectivity index (χ0n) is 25.6. The predicted molar refractivity (Wildman–Crippen MR) is 163 cm³/mol. The predicted octanol–water partition coefficient (Wildman–Crippen LogP) is 6.44. The summed E-state index contributed by atoms with van der Waals surface area (Å²) in [6, 6.07) is 9.60. The van der Waals surface area contributed by atoms with Crippen molar-refractivity contribution in [3.05, 3.63) is 69.5 Å². The minimum Gasteiger partial charge on any atom is -0.481 e. The molecule has 2 aromatic carbocycles. The molecule has 0 spiro atoms. The Hall–Kier alpha value is -4.78. The van der Waals surface area contributed by atoms with Crippen LogP contribution in [-0.2, 0) is 43.1 Å². The Balaban J connectivity index is 0.000000181. The molecule has 0 radical (unpaired) electrons. The van der Waals surface area contributed by atoms with Crippen LogP contribution in [0.5, 0.6) is 0 Å². The fraction of sp³-hybridized carbons (Fsp3) is 0.412. The summed E-state index contributed by atoms with van der Waals surface area (Å²) in [6.07, 6.45) is 3.17. The largest absolute Gasteiger partial charge is 0.481 e. The van der Waals surface area contributed by atoms with E-state index in [0.29, 0.717) is 72.2 Å². The minimum absolute atomic E-state index is 0.190. The summed E-state index contributed by atoms with van der Waals surface area (Å²) < 4.78 is 40.1. The van der Waals surface area contributed by atoms with Crippen molar-refractivity contribution >= 4 is 33.7 Å². The summed E-state index contributed by atoms with van der Waals surface area (Å²) in [6.45, 7) is 4.61. The van der Waals surface area contributed by atoms with Crippen LogP contribution >= 0.6 is 0 Å². The first-order valence-corrected chi connectivity index (χ1v) is 15.2. The SMILES string of the molecule is CCC[C@@]1(CC(=O)O)OCCc2c1[nH]c1c(F)ccc(C#N)c21.CCC[C@]1(CC(=O)O)OCCc2c1[nH]c1c(F)ccc(C#N)c21. The molecule has 2 aliphatic heterocycles. The third kappa shape index (κ3) is 5.59. The number of carboxylic acid groups (broad SMARTS) is 2. The maximum atomic E-state index is 14.2. The quantitative estimate of drug-likeness (QED) is 0.172. The van der Waals surface area contributed by atoms with E-state index in [4.69, 9.17) is 9.47 Å². The molecular formula is C34H34F2N4O6. The Labute approximate surface area is 263 Å². The number of benzene rings is 2. The zero-order valence-corrected chi connectivity index (χ0v) is 25.6. The van der Waals surface area contributed by atoms with Crippen LogP contribution in [0.1, 0.15) is 86.0 Å². The number of carboxylic acids is 2. The number of fused-ring (bicyclic) bond motifs is 6. The first-order valence-electron chi connectivity index (χ1n) is 15.2. The normalized spacial score (nSPS) is 20.2. The lowest BCUT2D eigenvalue weighted by molar-refractivity contribution is -0.150. The van der Waals surface area contributed by atoms with Gasteiger partial charge in [0.2, 0.25) is 0 Å². The highest BCUT2D eigenvalue weighted by molar-refractivity contribution is 5.92. The molecule has 4 N–H and O–H groups in total. The maximum absolute atomic E-state index is 14.2. The first kappa shape index (κ1) is 32.6. The number of aliphatic carboxylic acids is 2. The van der Waals surface area contributed by atoms with E-state index in [1.54, 1.807) is 0 Å². The molecule has 10 nitrogen and oxygen atoms in total. The number of aromatic amines is 2. The lowest BCUT2D eigenvalue weighted by Crippen LogP contribution is -2.37. The van der Waals surface area contributed by atoms with E-state index < -0.39 is 34.8 Å². The van der Waals surface area contributed by atoms with Crippen LogP contribution in [0.15, 0.2) is 24.3 Å². The van der Waals surface area contributed by atoms with Crippen LogP contribution in [0.25, 0.3) is 21.8 Å². The highest BCUT2D eigenvalue weighted by Crippen LogP contribution is 2.45. The number of halogens is 2. The number of ether oxygens (including phenoxy) is 2. The van der Waals surface area contributed by atoms with Crippen LogP contribution in [0.2, 0.25) is 0 Å². The van der Waals surface area contributed by atoms with E-state index >= 15 is 0 Å². The second-order valence-electron chi connectivity index (χ2n) is 11.7. The standard InChI is InChI=1S/2C17H17FN2O3/c2*1-2-6-17(8-13(21)22)16-11(5-7-23-17)14-10(9-19)3-4-12(18)15(14)20-16/h2*3-4,20H,2,5-8H2,1H3,(H,21,22)/t2*17-/m10/s1. The molecule has 4 heterocycles. The van der Waals surface area contributed by atoms with Gasteiger partial charge in [-0.05, 0) is 61.1 Å². The number of aromatic nitrogens is 2. The topological polar surface area (TPSA) is 172 Å². The molecule has 4 aromatic rings. The summed E-state index contributed by atoms with van der Waals surface area (Å²) in [7, 11) is 0. The smallest absolute Gasteiger partial charge is 0.306 e. The molecule has 0 unspecified atom stereocenters. The lowest BCUT2D eigenvalue weighted by atomic mass is 9.84. The van der Waals surface area contributed by atoms with Gasteiger partial charge in [0.1, 0.15) is 22.8 Å². The molecule has 240 valence electrons. The summed E-state index contributed by atoms with van der Waals surface area (Å²) in [5.74, 6) is -2.83. The van der Waals surface area contributed by atoms with Crippen LogP contribution in [0, 0.1) is 34.3 Å². The van der Waals surface area contributed by atoms with Crippen molar-refractivity contribution in [3.8, 4) is 12.1 Å². The number of carbonyl (C=O) groups is 2. The third-order valence-corrected chi connectivity index (χ3v) is 8.81. The average Bonchev–Trinajstić information content (AvgIpc) is 3.61. The summed E-state index contributed by atoms with van der Waals surface area (Å²) in [5, 5.41) is 38.3. The number of hydrogen-bond acceptors (Lipinski definition) is 6. The molecule has 0 amide bonds. The van der Waals surface area contributed by atoms with Crippen molar-refractivity contribution in [2.45, 2.75) is 76.4 Å². The van der Waals surface area contributed by atoms with Crippen molar-refractivity contribution in [1.82, 2.24) is 9.97 Å². The maximum Gasteiger partial charge on any atom is 0.306 e. The second-order valence-corrected chi connectivity index (χ2v) is 11.7. The molecule has 0 fully saturated rings. The van der Waals surface area contributed by atoms with Gasteiger partial charge in [0, 0.05) is 10.8 Å². The van der Waals surface area contributed by atoms with E-state index in [1.807, 2.05) is 13.8 Å². The molecule has 12 heteroatoms. The van der Waals surface area contributed by atoms with Gasteiger partial charge in [-0.15, -0.1) is 0 Å². The fourth-order valence-corrected chi connectivity index (χ4v) is 7.13. The molecule has 0 saturated carbocycles. The summed E-state index contributed by atoms with van der Waals surface area (Å²) in [5.41, 5.74) is 2.11. The number of nitriles is 2. The van der Waals surface area contributed by atoms with Gasteiger partial charge >= 0.3 is 11.9 Å². The number of hydrogen-bond donors (Lipinski definition) is 4. The van der Waals surface area contributed by atoms with Gasteiger partial charge in [0.25, 0.3) is 0 Å². The van der Waals surface area contributed by atoms with E-state index in [2.05, 4.69) is 22.1 Å². The zero-order chi connectivity index (χ0) is 33.2. The number of H-pyrrole nitrogens is 2. The molecule has 0 aliphatic carbocycles. The summed E-state index contributed by atoms with van der Waals surface area (Å²) in [4.78, 5) is 28.7. The second kappa shape index (κ2) is 12.9. The van der Waals surface area contributed by atoms with Crippen LogP contribution < -0.4 is 0 Å². The Kier molecular flexibility index (Phi) is 9.15.